The number of aromatic nitrogens is 1. The van der Waals surface area contributed by atoms with Crippen molar-refractivity contribution in [3.63, 3.8) is 0 Å². The number of hydrogen-bond acceptors (Lipinski definition) is 6. The number of aromatic carboxylic acids is 1. The number of carbonyl (C=O) groups excluding carboxylic acids is 1. The number of anilines is 2. The predicted octanol–water partition coefficient (Wildman–Crippen LogP) is 7.37. The monoisotopic (exact) mass is 544 g/mol. The first-order valence-corrected chi connectivity index (χ1v) is 13.3. The molecule has 0 radical (unpaired) electrons. The summed E-state index contributed by atoms with van der Waals surface area (Å²) < 4.78 is 5.18. The molecule has 0 unspecified atom stereocenters. The van der Waals surface area contributed by atoms with E-state index in [1.54, 1.807) is 31.5 Å². The number of rotatable bonds is 10. The fourth-order valence-electron chi connectivity index (χ4n) is 4.07. The number of ketones is 1. The molecule has 8 heteroatoms. The second kappa shape index (κ2) is 11.3. The lowest BCUT2D eigenvalue weighted by molar-refractivity contribution is 0.0693. The van der Waals surface area contributed by atoms with Gasteiger partial charge in [0.1, 0.15) is 11.4 Å². The van der Waals surface area contributed by atoms with E-state index in [1.807, 2.05) is 54.6 Å². The lowest BCUT2D eigenvalue weighted by atomic mass is 10.0. The Morgan fingerprint density at radius 1 is 1.00 bits per heavy atom. The maximum absolute atomic E-state index is 13.2. The Hall–Kier alpha value is -3.81. The molecule has 38 heavy (non-hydrogen) atoms. The van der Waals surface area contributed by atoms with Crippen molar-refractivity contribution in [2.75, 3.05) is 18.6 Å². The SMILES string of the molecule is COc1ccc(Sc2ccc(C(=O)c3ccc(N(CC4CC4)c4ccc(Cl)cc4)cn3)cc2C(=O)O)cc1. The third-order valence-electron chi connectivity index (χ3n) is 6.33. The van der Waals surface area contributed by atoms with Gasteiger partial charge in [0.25, 0.3) is 0 Å². The van der Waals surface area contributed by atoms with Crippen LogP contribution in [0.15, 0.2) is 94.9 Å². The van der Waals surface area contributed by atoms with Crippen molar-refractivity contribution in [2.24, 2.45) is 5.92 Å². The topological polar surface area (TPSA) is 79.7 Å². The van der Waals surface area contributed by atoms with Gasteiger partial charge in [-0.15, -0.1) is 0 Å². The van der Waals surface area contributed by atoms with E-state index >= 15 is 0 Å². The molecule has 4 aromatic rings. The molecule has 0 bridgehead atoms. The summed E-state index contributed by atoms with van der Waals surface area (Å²) in [5.41, 5.74) is 2.48. The van der Waals surface area contributed by atoms with Crippen molar-refractivity contribution in [3.05, 3.63) is 107 Å². The average molecular weight is 545 g/mol. The minimum atomic E-state index is -1.10. The lowest BCUT2D eigenvalue weighted by Crippen LogP contribution is -2.20. The Balaban J connectivity index is 1.37. The average Bonchev–Trinajstić information content (AvgIpc) is 3.77. The summed E-state index contributed by atoms with van der Waals surface area (Å²) in [6.07, 6.45) is 4.09. The van der Waals surface area contributed by atoms with Crippen molar-refractivity contribution < 1.29 is 19.4 Å². The van der Waals surface area contributed by atoms with Crippen LogP contribution in [0.25, 0.3) is 0 Å². The molecule has 0 amide bonds. The number of methoxy groups -OCH3 is 1. The normalized spacial score (nSPS) is 12.7. The maximum atomic E-state index is 13.2. The van der Waals surface area contributed by atoms with Crippen LogP contribution in [0, 0.1) is 5.92 Å². The smallest absolute Gasteiger partial charge is 0.336 e. The molecule has 1 saturated carbocycles. The standard InChI is InChI=1S/C30H25ClN2O4S/c1-37-24-10-12-25(13-11-24)38-28-15-4-20(16-26(28)30(35)36)29(34)27-14-9-23(17-32-27)33(18-19-2-3-19)22-7-5-21(31)6-8-22/h4-17,19H,2-3,18H2,1H3,(H,35,36). The van der Waals surface area contributed by atoms with Crippen LogP contribution in [0.4, 0.5) is 11.4 Å². The van der Waals surface area contributed by atoms with Crippen LogP contribution in [0.3, 0.4) is 0 Å². The summed E-state index contributed by atoms with van der Waals surface area (Å²) in [5.74, 6) is -0.0789. The number of carbonyl (C=O) groups is 2. The van der Waals surface area contributed by atoms with Crippen LogP contribution >= 0.6 is 23.4 Å². The number of benzene rings is 3. The van der Waals surface area contributed by atoms with Crippen LogP contribution in [0.2, 0.25) is 5.02 Å². The van der Waals surface area contributed by atoms with Gasteiger partial charge in [-0.05, 0) is 97.6 Å². The predicted molar refractivity (Wildman–Crippen MR) is 149 cm³/mol. The zero-order valence-corrected chi connectivity index (χ0v) is 22.2. The molecule has 0 aliphatic heterocycles. The van der Waals surface area contributed by atoms with Crippen molar-refractivity contribution in [3.8, 4) is 5.75 Å². The summed E-state index contributed by atoms with van der Waals surface area (Å²) in [6.45, 7) is 0.867. The molecule has 1 aliphatic carbocycles. The number of halogens is 1. The highest BCUT2D eigenvalue weighted by molar-refractivity contribution is 7.99. The van der Waals surface area contributed by atoms with E-state index in [4.69, 9.17) is 16.3 Å². The van der Waals surface area contributed by atoms with E-state index in [9.17, 15) is 14.7 Å². The first kappa shape index (κ1) is 25.8. The fraction of sp³-hybridized carbons (Fsp3) is 0.167. The first-order valence-electron chi connectivity index (χ1n) is 12.1. The Bertz CT molecular complexity index is 1450. The number of pyridine rings is 1. The number of carboxylic acid groups (broad SMARTS) is 1. The van der Waals surface area contributed by atoms with Gasteiger partial charge in [-0.3, -0.25) is 9.78 Å². The van der Waals surface area contributed by atoms with E-state index < -0.39 is 5.97 Å². The van der Waals surface area contributed by atoms with Gasteiger partial charge < -0.3 is 14.7 Å². The Morgan fingerprint density at radius 2 is 1.71 bits per heavy atom. The summed E-state index contributed by atoms with van der Waals surface area (Å²) in [5, 5.41) is 10.5. The largest absolute Gasteiger partial charge is 0.497 e. The second-order valence-electron chi connectivity index (χ2n) is 9.05. The van der Waals surface area contributed by atoms with Gasteiger partial charge in [0.05, 0.1) is 24.6 Å². The van der Waals surface area contributed by atoms with Gasteiger partial charge in [0, 0.05) is 32.6 Å². The molecule has 3 aromatic carbocycles. The summed E-state index contributed by atoms with van der Waals surface area (Å²) >= 11 is 7.39. The van der Waals surface area contributed by atoms with Gasteiger partial charge in [0.2, 0.25) is 5.78 Å². The van der Waals surface area contributed by atoms with Gasteiger partial charge in [0.15, 0.2) is 0 Å². The number of hydrogen-bond donors (Lipinski definition) is 1. The third-order valence-corrected chi connectivity index (χ3v) is 7.66. The number of carboxylic acids is 1. The quantitative estimate of drug-likeness (QED) is 0.209. The fourth-order valence-corrected chi connectivity index (χ4v) is 5.11. The van der Waals surface area contributed by atoms with E-state index in [2.05, 4.69) is 9.88 Å². The van der Waals surface area contributed by atoms with Crippen molar-refractivity contribution in [1.82, 2.24) is 4.98 Å². The van der Waals surface area contributed by atoms with Crippen LogP contribution in [0.5, 0.6) is 5.75 Å². The van der Waals surface area contributed by atoms with E-state index in [1.165, 1.54) is 30.7 Å². The van der Waals surface area contributed by atoms with Gasteiger partial charge in [-0.25, -0.2) is 4.79 Å². The Morgan fingerprint density at radius 3 is 2.32 bits per heavy atom. The highest BCUT2D eigenvalue weighted by Crippen LogP contribution is 2.36. The van der Waals surface area contributed by atoms with Gasteiger partial charge in [-0.1, -0.05) is 23.4 Å². The molecule has 0 spiro atoms. The molecule has 1 aliphatic rings. The molecule has 1 aromatic heterocycles. The molecule has 0 atom stereocenters. The van der Waals surface area contributed by atoms with Crippen molar-refractivity contribution in [1.29, 1.82) is 0 Å². The highest BCUT2D eigenvalue weighted by Gasteiger charge is 2.26. The zero-order chi connectivity index (χ0) is 26.6. The minimum absolute atomic E-state index is 0.0617. The molecular formula is C30H25ClN2O4S. The molecule has 5 rings (SSSR count). The lowest BCUT2D eigenvalue weighted by Gasteiger charge is -2.25. The van der Waals surface area contributed by atoms with Crippen LogP contribution in [0.1, 0.15) is 39.3 Å². The molecular weight excluding hydrogens is 520 g/mol. The third kappa shape index (κ3) is 6.01. The molecule has 6 nitrogen and oxygen atoms in total. The molecule has 1 N–H and O–H groups in total. The van der Waals surface area contributed by atoms with Gasteiger partial charge in [-0.2, -0.15) is 0 Å². The van der Waals surface area contributed by atoms with E-state index in [-0.39, 0.29) is 22.6 Å². The number of ether oxygens (including phenoxy) is 1. The first-order chi connectivity index (χ1) is 18.4. The minimum Gasteiger partial charge on any atom is -0.497 e. The van der Waals surface area contributed by atoms with Crippen molar-refractivity contribution in [2.45, 2.75) is 22.6 Å². The van der Waals surface area contributed by atoms with E-state index in [0.29, 0.717) is 15.8 Å². The highest BCUT2D eigenvalue weighted by atomic mass is 35.5. The summed E-state index contributed by atoms with van der Waals surface area (Å²) in [6, 6.07) is 23.3. The maximum Gasteiger partial charge on any atom is 0.336 e. The Kier molecular flexibility index (Phi) is 7.67. The Labute approximate surface area is 230 Å². The number of nitrogens with zero attached hydrogens (tertiary/aromatic N) is 2. The van der Waals surface area contributed by atoms with Crippen LogP contribution < -0.4 is 9.64 Å². The van der Waals surface area contributed by atoms with Crippen LogP contribution in [-0.4, -0.2) is 35.5 Å². The van der Waals surface area contributed by atoms with Crippen LogP contribution in [-0.2, 0) is 0 Å². The second-order valence-corrected chi connectivity index (χ2v) is 10.6. The summed E-state index contributed by atoms with van der Waals surface area (Å²) in [4.78, 5) is 33.3. The summed E-state index contributed by atoms with van der Waals surface area (Å²) in [7, 11) is 1.59. The van der Waals surface area contributed by atoms with E-state index in [0.717, 1.165) is 28.6 Å². The van der Waals surface area contributed by atoms with Crippen molar-refractivity contribution >= 4 is 46.5 Å². The molecule has 0 saturated heterocycles. The molecule has 1 fully saturated rings. The molecule has 1 heterocycles. The van der Waals surface area contributed by atoms with Gasteiger partial charge >= 0.3 is 5.97 Å². The molecule has 192 valence electrons. The zero-order valence-electron chi connectivity index (χ0n) is 20.6.